The molecule has 0 atom stereocenters. The molecule has 0 bridgehead atoms. The van der Waals surface area contributed by atoms with E-state index in [1.165, 1.54) is 11.3 Å². The van der Waals surface area contributed by atoms with E-state index < -0.39 is 0 Å². The standard InChI is InChI=1S/C19H16N2O4S/c1-3-24-17-15(22)14-13(9-8-12-18(14)26-19(20)21-12)25-16(17)10-4-6-11(23-2)7-5-10/h4-9H,3H2,1-2H3,(H2,20,21). The Morgan fingerprint density at radius 2 is 1.96 bits per heavy atom. The topological polar surface area (TPSA) is 87.6 Å². The van der Waals surface area contributed by atoms with Gasteiger partial charge in [0.05, 0.1) is 29.3 Å². The fourth-order valence-corrected chi connectivity index (χ4v) is 3.74. The number of fused-ring (bicyclic) bond motifs is 3. The van der Waals surface area contributed by atoms with Gasteiger partial charge in [-0.25, -0.2) is 4.98 Å². The van der Waals surface area contributed by atoms with Crippen molar-refractivity contribution in [2.45, 2.75) is 6.92 Å². The molecule has 2 aromatic heterocycles. The maximum atomic E-state index is 13.2. The summed E-state index contributed by atoms with van der Waals surface area (Å²) in [7, 11) is 1.60. The summed E-state index contributed by atoms with van der Waals surface area (Å²) in [4.78, 5) is 17.4. The van der Waals surface area contributed by atoms with Crippen LogP contribution in [0.15, 0.2) is 45.6 Å². The van der Waals surface area contributed by atoms with E-state index in [1.807, 2.05) is 31.2 Å². The molecule has 0 aliphatic carbocycles. The van der Waals surface area contributed by atoms with Gasteiger partial charge in [-0.05, 0) is 43.3 Å². The molecule has 2 heterocycles. The van der Waals surface area contributed by atoms with Gasteiger partial charge in [-0.3, -0.25) is 4.79 Å². The number of anilines is 1. The average Bonchev–Trinajstić information content (AvgIpc) is 3.04. The molecule has 0 saturated heterocycles. The molecule has 0 fully saturated rings. The number of methoxy groups -OCH3 is 1. The summed E-state index contributed by atoms with van der Waals surface area (Å²) in [5, 5.41) is 0.849. The Hall–Kier alpha value is -3.06. The summed E-state index contributed by atoms with van der Waals surface area (Å²) in [6, 6.07) is 10.8. The van der Waals surface area contributed by atoms with Crippen LogP contribution >= 0.6 is 11.3 Å². The van der Waals surface area contributed by atoms with Crippen LogP contribution in [0.1, 0.15) is 6.92 Å². The van der Waals surface area contributed by atoms with Gasteiger partial charge in [0.25, 0.3) is 0 Å². The Labute approximate surface area is 152 Å². The first-order chi connectivity index (χ1) is 12.6. The van der Waals surface area contributed by atoms with Gasteiger partial charge in [0.15, 0.2) is 10.9 Å². The third-order valence-corrected chi connectivity index (χ3v) is 4.95. The number of benzene rings is 2. The van der Waals surface area contributed by atoms with Crippen LogP contribution in [0.2, 0.25) is 0 Å². The highest BCUT2D eigenvalue weighted by Gasteiger charge is 2.20. The summed E-state index contributed by atoms with van der Waals surface area (Å²) in [5.74, 6) is 1.30. The van der Waals surface area contributed by atoms with Crippen molar-refractivity contribution in [2.24, 2.45) is 0 Å². The zero-order chi connectivity index (χ0) is 18.3. The Balaban J connectivity index is 2.04. The largest absolute Gasteiger partial charge is 0.497 e. The molecule has 6 nitrogen and oxygen atoms in total. The molecule has 132 valence electrons. The van der Waals surface area contributed by atoms with Crippen molar-refractivity contribution in [3.63, 3.8) is 0 Å². The van der Waals surface area contributed by atoms with Crippen LogP contribution in [0, 0.1) is 0 Å². The fraction of sp³-hybridized carbons (Fsp3) is 0.158. The molecule has 2 N–H and O–H groups in total. The van der Waals surface area contributed by atoms with Crippen molar-refractivity contribution in [1.82, 2.24) is 4.98 Å². The number of hydrogen-bond acceptors (Lipinski definition) is 7. The molecule has 26 heavy (non-hydrogen) atoms. The summed E-state index contributed by atoms with van der Waals surface area (Å²) in [5.41, 5.74) is 7.46. The lowest BCUT2D eigenvalue weighted by molar-refractivity contribution is 0.330. The molecule has 4 rings (SSSR count). The van der Waals surface area contributed by atoms with Crippen LogP contribution in [0.3, 0.4) is 0 Å². The first-order valence-corrected chi connectivity index (χ1v) is 8.87. The van der Waals surface area contributed by atoms with Crippen LogP contribution in [0.4, 0.5) is 5.13 Å². The van der Waals surface area contributed by atoms with Gasteiger partial charge >= 0.3 is 0 Å². The second kappa shape index (κ2) is 6.34. The van der Waals surface area contributed by atoms with E-state index in [1.54, 1.807) is 19.2 Å². The van der Waals surface area contributed by atoms with E-state index in [0.717, 1.165) is 11.3 Å². The van der Waals surface area contributed by atoms with Gasteiger partial charge in [-0.15, -0.1) is 0 Å². The zero-order valence-electron chi connectivity index (χ0n) is 14.2. The van der Waals surface area contributed by atoms with Crippen molar-refractivity contribution in [1.29, 1.82) is 0 Å². The van der Waals surface area contributed by atoms with Crippen molar-refractivity contribution in [3.05, 3.63) is 46.6 Å². The number of nitrogens with zero attached hydrogens (tertiary/aromatic N) is 1. The lowest BCUT2D eigenvalue weighted by Gasteiger charge is -2.11. The molecule has 0 saturated carbocycles. The monoisotopic (exact) mass is 368 g/mol. The van der Waals surface area contributed by atoms with E-state index in [0.29, 0.717) is 38.7 Å². The lowest BCUT2D eigenvalue weighted by Crippen LogP contribution is -2.10. The Kier molecular flexibility index (Phi) is 4.00. The minimum absolute atomic E-state index is 0.185. The van der Waals surface area contributed by atoms with Crippen molar-refractivity contribution in [3.8, 4) is 22.8 Å². The first kappa shape index (κ1) is 16.4. The van der Waals surface area contributed by atoms with Gasteiger partial charge in [0.2, 0.25) is 11.2 Å². The summed E-state index contributed by atoms with van der Waals surface area (Å²) < 4.78 is 17.6. The maximum absolute atomic E-state index is 13.2. The smallest absolute Gasteiger partial charge is 0.236 e. The molecule has 0 unspecified atom stereocenters. The van der Waals surface area contributed by atoms with E-state index >= 15 is 0 Å². The third kappa shape index (κ3) is 2.57. The molecule has 4 aromatic rings. The number of nitrogen functional groups attached to an aromatic ring is 1. The SMILES string of the molecule is CCOc1c(-c2ccc(OC)cc2)oc2ccc3nc(N)sc3c2c1=O. The van der Waals surface area contributed by atoms with Gasteiger partial charge in [0, 0.05) is 5.56 Å². The third-order valence-electron chi connectivity index (χ3n) is 4.03. The van der Waals surface area contributed by atoms with Gasteiger partial charge in [-0.2, -0.15) is 0 Å². The molecule has 0 radical (unpaired) electrons. The molecular weight excluding hydrogens is 352 g/mol. The zero-order valence-corrected chi connectivity index (χ0v) is 15.1. The predicted molar refractivity (Wildman–Crippen MR) is 103 cm³/mol. The molecule has 0 aliphatic rings. The van der Waals surface area contributed by atoms with Crippen molar-refractivity contribution < 1.29 is 13.9 Å². The number of hydrogen-bond donors (Lipinski definition) is 1. The highest BCUT2D eigenvalue weighted by molar-refractivity contribution is 7.23. The fourth-order valence-electron chi connectivity index (χ4n) is 2.87. The van der Waals surface area contributed by atoms with Gasteiger partial charge < -0.3 is 19.6 Å². The van der Waals surface area contributed by atoms with Crippen LogP contribution in [-0.2, 0) is 0 Å². The Bertz CT molecular complexity index is 1160. The summed E-state index contributed by atoms with van der Waals surface area (Å²) in [6.07, 6.45) is 0. The second-order valence-electron chi connectivity index (χ2n) is 5.59. The number of nitrogens with two attached hydrogens (primary N) is 1. The van der Waals surface area contributed by atoms with E-state index in [-0.39, 0.29) is 11.2 Å². The minimum atomic E-state index is -0.229. The molecule has 7 heteroatoms. The van der Waals surface area contributed by atoms with Crippen LogP contribution < -0.4 is 20.6 Å². The van der Waals surface area contributed by atoms with Crippen molar-refractivity contribution >= 4 is 37.7 Å². The van der Waals surface area contributed by atoms with Crippen LogP contribution in [0.25, 0.3) is 32.5 Å². The van der Waals surface area contributed by atoms with E-state index in [2.05, 4.69) is 4.98 Å². The summed E-state index contributed by atoms with van der Waals surface area (Å²) in [6.45, 7) is 2.17. The normalized spacial score (nSPS) is 11.2. The number of rotatable bonds is 4. The molecule has 2 aromatic carbocycles. The quantitative estimate of drug-likeness (QED) is 0.584. The minimum Gasteiger partial charge on any atom is -0.497 e. The average molecular weight is 368 g/mol. The van der Waals surface area contributed by atoms with Crippen LogP contribution in [-0.4, -0.2) is 18.7 Å². The Morgan fingerprint density at radius 1 is 1.19 bits per heavy atom. The number of aromatic nitrogens is 1. The second-order valence-corrected chi connectivity index (χ2v) is 6.62. The molecule has 0 aliphatic heterocycles. The van der Waals surface area contributed by atoms with Gasteiger partial charge in [-0.1, -0.05) is 11.3 Å². The van der Waals surface area contributed by atoms with E-state index in [9.17, 15) is 4.79 Å². The molecule has 0 amide bonds. The maximum Gasteiger partial charge on any atom is 0.236 e. The molecular formula is C19H16N2O4S. The van der Waals surface area contributed by atoms with Gasteiger partial charge in [0.1, 0.15) is 11.3 Å². The Morgan fingerprint density at radius 3 is 2.65 bits per heavy atom. The van der Waals surface area contributed by atoms with Crippen LogP contribution in [0.5, 0.6) is 11.5 Å². The lowest BCUT2D eigenvalue weighted by atomic mass is 10.1. The van der Waals surface area contributed by atoms with Crippen molar-refractivity contribution in [2.75, 3.05) is 19.5 Å². The molecule has 0 spiro atoms. The first-order valence-electron chi connectivity index (χ1n) is 8.05. The number of ether oxygens (including phenoxy) is 2. The number of thiazole rings is 1. The highest BCUT2D eigenvalue weighted by atomic mass is 32.1. The highest BCUT2D eigenvalue weighted by Crippen LogP contribution is 2.36. The van der Waals surface area contributed by atoms with E-state index in [4.69, 9.17) is 19.6 Å². The predicted octanol–water partition coefficient (Wildman–Crippen LogP) is 4.06. The summed E-state index contributed by atoms with van der Waals surface area (Å²) >= 11 is 1.26.